The Morgan fingerprint density at radius 2 is 2.15 bits per heavy atom. The highest BCUT2D eigenvalue weighted by molar-refractivity contribution is 5.23. The lowest BCUT2D eigenvalue weighted by Gasteiger charge is -2.13. The van der Waals surface area contributed by atoms with Gasteiger partial charge in [-0.2, -0.15) is 0 Å². The molecule has 20 heavy (non-hydrogen) atoms. The zero-order valence-electron chi connectivity index (χ0n) is 11.7. The average molecular weight is 272 g/mol. The third-order valence-electron chi connectivity index (χ3n) is 3.73. The van der Waals surface area contributed by atoms with Crippen LogP contribution in [0.15, 0.2) is 24.3 Å². The van der Waals surface area contributed by atoms with Crippen LogP contribution in [-0.2, 0) is 17.8 Å². The molecule has 0 saturated carbocycles. The molecule has 2 heterocycles. The Kier molecular flexibility index (Phi) is 3.80. The van der Waals surface area contributed by atoms with E-state index in [4.69, 9.17) is 10.5 Å². The second-order valence-electron chi connectivity index (χ2n) is 5.27. The van der Waals surface area contributed by atoms with E-state index in [-0.39, 0.29) is 6.10 Å². The zero-order chi connectivity index (χ0) is 13.9. The summed E-state index contributed by atoms with van der Waals surface area (Å²) in [6.07, 6.45) is 2.20. The Hall–Kier alpha value is -1.72. The summed E-state index contributed by atoms with van der Waals surface area (Å²) in [6.45, 7) is 4.01. The highest BCUT2D eigenvalue weighted by Gasteiger charge is 2.25. The molecule has 2 N–H and O–H groups in total. The third kappa shape index (κ3) is 2.59. The van der Waals surface area contributed by atoms with E-state index in [9.17, 15) is 0 Å². The van der Waals surface area contributed by atoms with Crippen molar-refractivity contribution < 1.29 is 4.74 Å². The van der Waals surface area contributed by atoms with E-state index in [2.05, 4.69) is 41.5 Å². The fourth-order valence-electron chi connectivity index (χ4n) is 2.63. The van der Waals surface area contributed by atoms with Crippen molar-refractivity contribution in [3.63, 3.8) is 0 Å². The van der Waals surface area contributed by atoms with Gasteiger partial charge in [0.15, 0.2) is 0 Å². The minimum atomic E-state index is 0.0917. The van der Waals surface area contributed by atoms with Gasteiger partial charge >= 0.3 is 0 Å². The normalized spacial score (nSPS) is 18.6. The van der Waals surface area contributed by atoms with Gasteiger partial charge in [-0.3, -0.25) is 0 Å². The first kappa shape index (κ1) is 13.3. The molecule has 0 spiro atoms. The van der Waals surface area contributed by atoms with Crippen LogP contribution in [0.4, 0.5) is 0 Å². The van der Waals surface area contributed by atoms with Crippen LogP contribution in [0, 0.1) is 6.92 Å². The highest BCUT2D eigenvalue weighted by Crippen LogP contribution is 2.30. The van der Waals surface area contributed by atoms with Gasteiger partial charge in [-0.15, -0.1) is 5.10 Å². The van der Waals surface area contributed by atoms with Gasteiger partial charge in [0, 0.05) is 13.2 Å². The third-order valence-corrected chi connectivity index (χ3v) is 3.73. The number of aromatic nitrogens is 3. The molecule has 5 heteroatoms. The molecule has 1 atom stereocenters. The molecule has 5 nitrogen and oxygen atoms in total. The first-order valence-electron chi connectivity index (χ1n) is 7.07. The van der Waals surface area contributed by atoms with Gasteiger partial charge in [-0.1, -0.05) is 35.0 Å². The van der Waals surface area contributed by atoms with E-state index in [0.29, 0.717) is 13.1 Å². The number of ether oxygens (including phenoxy) is 1. The van der Waals surface area contributed by atoms with Gasteiger partial charge in [-0.25, -0.2) is 4.68 Å². The second-order valence-corrected chi connectivity index (χ2v) is 5.27. The molecule has 1 aliphatic heterocycles. The van der Waals surface area contributed by atoms with Crippen molar-refractivity contribution in [1.29, 1.82) is 0 Å². The molecule has 1 aromatic carbocycles. The number of aryl methyl sites for hydroxylation is 1. The first-order valence-corrected chi connectivity index (χ1v) is 7.07. The summed E-state index contributed by atoms with van der Waals surface area (Å²) < 4.78 is 7.71. The maximum atomic E-state index is 5.78. The molecule has 106 valence electrons. The molecule has 3 rings (SSSR count). The lowest BCUT2D eigenvalue weighted by atomic mass is 10.1. The molecule has 1 unspecified atom stereocenters. The number of nitrogens with zero attached hydrogens (tertiary/aromatic N) is 3. The molecule has 1 aromatic heterocycles. The van der Waals surface area contributed by atoms with Crippen molar-refractivity contribution in [3.05, 3.63) is 46.8 Å². The SMILES string of the molecule is Cc1ccc(Cn2nnc(CN)c2C2CCCO2)cc1. The molecule has 0 radical (unpaired) electrons. The number of benzene rings is 1. The van der Waals surface area contributed by atoms with Crippen molar-refractivity contribution in [2.75, 3.05) is 6.61 Å². The zero-order valence-corrected chi connectivity index (χ0v) is 11.7. The van der Waals surface area contributed by atoms with E-state index < -0.39 is 0 Å². The number of nitrogens with two attached hydrogens (primary N) is 1. The summed E-state index contributed by atoms with van der Waals surface area (Å²) in [4.78, 5) is 0. The Morgan fingerprint density at radius 1 is 1.35 bits per heavy atom. The molecule has 1 fully saturated rings. The van der Waals surface area contributed by atoms with Gasteiger partial charge in [-0.05, 0) is 25.3 Å². The summed E-state index contributed by atoms with van der Waals surface area (Å²) in [7, 11) is 0. The maximum absolute atomic E-state index is 5.78. The molecule has 1 aliphatic rings. The van der Waals surface area contributed by atoms with Gasteiger partial charge < -0.3 is 10.5 Å². The van der Waals surface area contributed by atoms with Crippen molar-refractivity contribution in [1.82, 2.24) is 15.0 Å². The topological polar surface area (TPSA) is 66.0 Å². The standard InChI is InChI=1S/C15H20N4O/c1-11-4-6-12(7-5-11)10-19-15(13(9-16)17-18-19)14-3-2-8-20-14/h4-7,14H,2-3,8-10,16H2,1H3. The monoisotopic (exact) mass is 272 g/mol. The van der Waals surface area contributed by atoms with E-state index >= 15 is 0 Å². The lowest BCUT2D eigenvalue weighted by Crippen LogP contribution is -2.13. The molecule has 0 bridgehead atoms. The highest BCUT2D eigenvalue weighted by atomic mass is 16.5. The van der Waals surface area contributed by atoms with Gasteiger partial charge in [0.25, 0.3) is 0 Å². The van der Waals surface area contributed by atoms with Crippen molar-refractivity contribution in [3.8, 4) is 0 Å². The van der Waals surface area contributed by atoms with Crippen LogP contribution in [0.3, 0.4) is 0 Å². The minimum absolute atomic E-state index is 0.0917. The van der Waals surface area contributed by atoms with Crippen molar-refractivity contribution in [2.24, 2.45) is 5.73 Å². The maximum Gasteiger partial charge on any atom is 0.102 e. The van der Waals surface area contributed by atoms with Crippen LogP contribution in [0.25, 0.3) is 0 Å². The van der Waals surface area contributed by atoms with Gasteiger partial charge in [0.1, 0.15) is 11.8 Å². The van der Waals surface area contributed by atoms with E-state index in [0.717, 1.165) is 30.8 Å². The second kappa shape index (κ2) is 5.73. The van der Waals surface area contributed by atoms with E-state index in [1.54, 1.807) is 0 Å². The summed E-state index contributed by atoms with van der Waals surface area (Å²) in [5.74, 6) is 0. The average Bonchev–Trinajstić information content (AvgIpc) is 3.10. The fraction of sp³-hybridized carbons (Fsp3) is 0.467. The quantitative estimate of drug-likeness (QED) is 0.923. The number of hydrogen-bond donors (Lipinski definition) is 1. The molecular formula is C15H20N4O. The minimum Gasteiger partial charge on any atom is -0.372 e. The Labute approximate surface area is 118 Å². The van der Waals surface area contributed by atoms with Crippen LogP contribution in [-0.4, -0.2) is 21.6 Å². The number of hydrogen-bond acceptors (Lipinski definition) is 4. The molecule has 0 amide bonds. The fourth-order valence-corrected chi connectivity index (χ4v) is 2.63. The Balaban J connectivity index is 1.88. The smallest absolute Gasteiger partial charge is 0.102 e. The number of rotatable bonds is 4. The summed E-state index contributed by atoms with van der Waals surface area (Å²) >= 11 is 0. The Bertz CT molecular complexity index is 570. The predicted molar refractivity (Wildman–Crippen MR) is 76.1 cm³/mol. The Morgan fingerprint density at radius 3 is 2.80 bits per heavy atom. The summed E-state index contributed by atoms with van der Waals surface area (Å²) in [5.41, 5.74) is 10.1. The van der Waals surface area contributed by atoms with Gasteiger partial charge in [0.05, 0.1) is 12.2 Å². The molecular weight excluding hydrogens is 252 g/mol. The van der Waals surface area contributed by atoms with Crippen LogP contribution >= 0.6 is 0 Å². The van der Waals surface area contributed by atoms with E-state index in [1.165, 1.54) is 11.1 Å². The largest absolute Gasteiger partial charge is 0.372 e. The van der Waals surface area contributed by atoms with Crippen molar-refractivity contribution in [2.45, 2.75) is 39.0 Å². The summed E-state index contributed by atoms with van der Waals surface area (Å²) in [5, 5.41) is 8.46. The predicted octanol–water partition coefficient (Wildman–Crippen LogP) is 1.95. The lowest BCUT2D eigenvalue weighted by molar-refractivity contribution is 0.104. The van der Waals surface area contributed by atoms with Crippen LogP contribution in [0.1, 0.15) is 41.5 Å². The molecule has 1 saturated heterocycles. The van der Waals surface area contributed by atoms with E-state index in [1.807, 2.05) is 4.68 Å². The van der Waals surface area contributed by atoms with Crippen LogP contribution < -0.4 is 5.73 Å². The van der Waals surface area contributed by atoms with Gasteiger partial charge in [0.2, 0.25) is 0 Å². The van der Waals surface area contributed by atoms with Crippen LogP contribution in [0.2, 0.25) is 0 Å². The molecule has 2 aromatic rings. The van der Waals surface area contributed by atoms with Crippen molar-refractivity contribution >= 4 is 0 Å². The summed E-state index contributed by atoms with van der Waals surface area (Å²) in [6, 6.07) is 8.47. The first-order chi connectivity index (χ1) is 9.78. The van der Waals surface area contributed by atoms with Crippen LogP contribution in [0.5, 0.6) is 0 Å². The molecule has 0 aliphatic carbocycles.